The molecule has 0 aromatic heterocycles. The molecule has 3 rings (SSSR count). The Morgan fingerprint density at radius 2 is 1.63 bits per heavy atom. The van der Waals surface area contributed by atoms with Gasteiger partial charge in [0, 0.05) is 0 Å². The van der Waals surface area contributed by atoms with E-state index in [1.807, 2.05) is 0 Å². The Labute approximate surface area is 120 Å². The summed E-state index contributed by atoms with van der Waals surface area (Å²) in [6.07, 6.45) is 6.65. The van der Waals surface area contributed by atoms with Gasteiger partial charge >= 0.3 is 0 Å². The van der Waals surface area contributed by atoms with Gasteiger partial charge < -0.3 is 0 Å². The van der Waals surface area contributed by atoms with Crippen molar-refractivity contribution < 1.29 is 0 Å². The third kappa shape index (κ3) is 2.51. The molecule has 0 aliphatic heterocycles. The molecule has 1 aliphatic rings. The fourth-order valence-corrected chi connectivity index (χ4v) is 3.84. The lowest BCUT2D eigenvalue weighted by Gasteiger charge is -2.27. The van der Waals surface area contributed by atoms with Crippen LogP contribution in [0.25, 0.3) is 10.8 Å². The highest BCUT2D eigenvalue weighted by atomic mass is 35.5. The lowest BCUT2D eigenvalue weighted by Crippen LogP contribution is -2.12. The topological polar surface area (TPSA) is 0 Å². The number of hydrogen-bond donors (Lipinski definition) is 0. The zero-order valence-corrected chi connectivity index (χ0v) is 12.3. The zero-order valence-electron chi connectivity index (χ0n) is 11.5. The second-order valence-corrected chi connectivity index (χ2v) is 6.29. The van der Waals surface area contributed by atoms with Crippen LogP contribution in [-0.2, 0) is 0 Å². The van der Waals surface area contributed by atoms with Crippen LogP contribution in [-0.4, -0.2) is 0 Å². The second kappa shape index (κ2) is 5.54. The highest BCUT2D eigenvalue weighted by molar-refractivity contribution is 6.22. The summed E-state index contributed by atoms with van der Waals surface area (Å²) in [5.41, 5.74) is 2.67. The molecule has 0 heterocycles. The average Bonchev–Trinajstić information content (AvgIpc) is 2.48. The van der Waals surface area contributed by atoms with Crippen LogP contribution in [0, 0.1) is 12.8 Å². The van der Waals surface area contributed by atoms with Crippen LogP contribution < -0.4 is 0 Å². The van der Waals surface area contributed by atoms with Crippen LogP contribution in [0.15, 0.2) is 36.4 Å². The molecule has 1 atom stereocenters. The predicted molar refractivity (Wildman–Crippen MR) is 83.9 cm³/mol. The van der Waals surface area contributed by atoms with Gasteiger partial charge in [0.25, 0.3) is 0 Å². The molecule has 0 bridgehead atoms. The molecular formula is C18H21Cl. The minimum Gasteiger partial charge on any atom is -0.117 e. The number of fused-ring (bicyclic) bond motifs is 1. The smallest absolute Gasteiger partial charge is 0.0619 e. The van der Waals surface area contributed by atoms with Crippen molar-refractivity contribution in [3.05, 3.63) is 47.5 Å². The second-order valence-electron chi connectivity index (χ2n) is 5.82. The maximum Gasteiger partial charge on any atom is 0.0619 e. The van der Waals surface area contributed by atoms with E-state index < -0.39 is 0 Å². The molecule has 0 saturated heterocycles. The Morgan fingerprint density at radius 3 is 2.37 bits per heavy atom. The van der Waals surface area contributed by atoms with Gasteiger partial charge in [-0.3, -0.25) is 0 Å². The molecule has 0 amide bonds. The van der Waals surface area contributed by atoms with E-state index in [0.717, 1.165) is 0 Å². The first-order valence-electron chi connectivity index (χ1n) is 7.39. The lowest BCUT2D eigenvalue weighted by molar-refractivity contribution is 0.349. The van der Waals surface area contributed by atoms with Gasteiger partial charge in [-0.05, 0) is 47.6 Å². The fourth-order valence-electron chi connectivity index (χ4n) is 3.39. The van der Waals surface area contributed by atoms with Crippen molar-refractivity contribution in [3.8, 4) is 0 Å². The molecule has 0 nitrogen and oxygen atoms in total. The van der Waals surface area contributed by atoms with E-state index in [0.29, 0.717) is 5.92 Å². The number of rotatable bonds is 2. The van der Waals surface area contributed by atoms with Crippen molar-refractivity contribution in [1.29, 1.82) is 0 Å². The molecule has 19 heavy (non-hydrogen) atoms. The standard InChI is InChI=1S/C18H21Cl/c1-13-11-12-17(16-10-6-5-9-15(13)16)18(19)14-7-3-2-4-8-14/h5-6,9-12,14,18H,2-4,7-8H2,1H3. The predicted octanol–water partition coefficient (Wildman–Crippen LogP) is 6.01. The van der Waals surface area contributed by atoms with Crippen LogP contribution in [0.5, 0.6) is 0 Å². The summed E-state index contributed by atoms with van der Waals surface area (Å²) < 4.78 is 0. The van der Waals surface area contributed by atoms with Crippen LogP contribution in [0.2, 0.25) is 0 Å². The van der Waals surface area contributed by atoms with E-state index >= 15 is 0 Å². The highest BCUT2D eigenvalue weighted by Crippen LogP contribution is 2.41. The third-order valence-electron chi connectivity index (χ3n) is 4.54. The largest absolute Gasteiger partial charge is 0.117 e. The first-order chi connectivity index (χ1) is 9.27. The Hall–Kier alpha value is -1.01. The van der Waals surface area contributed by atoms with E-state index in [1.54, 1.807) is 0 Å². The van der Waals surface area contributed by atoms with Gasteiger partial charge in [-0.1, -0.05) is 55.7 Å². The van der Waals surface area contributed by atoms with Crippen molar-refractivity contribution in [2.75, 3.05) is 0 Å². The monoisotopic (exact) mass is 272 g/mol. The lowest BCUT2D eigenvalue weighted by atomic mass is 9.83. The minimum absolute atomic E-state index is 0.172. The zero-order chi connectivity index (χ0) is 13.2. The minimum atomic E-state index is 0.172. The number of hydrogen-bond acceptors (Lipinski definition) is 0. The fraction of sp³-hybridized carbons (Fsp3) is 0.444. The number of alkyl halides is 1. The van der Waals surface area contributed by atoms with E-state index in [9.17, 15) is 0 Å². The summed E-state index contributed by atoms with van der Waals surface area (Å²) in [5, 5.41) is 2.86. The Bertz CT molecular complexity index is 567. The van der Waals surface area contributed by atoms with Gasteiger partial charge in [-0.15, -0.1) is 11.6 Å². The number of benzene rings is 2. The van der Waals surface area contributed by atoms with Gasteiger partial charge in [0.1, 0.15) is 0 Å². The first-order valence-corrected chi connectivity index (χ1v) is 7.83. The molecule has 1 saturated carbocycles. The van der Waals surface area contributed by atoms with Crippen LogP contribution >= 0.6 is 11.6 Å². The molecule has 1 aliphatic carbocycles. The van der Waals surface area contributed by atoms with Gasteiger partial charge in [-0.2, -0.15) is 0 Å². The quantitative estimate of drug-likeness (QED) is 0.588. The van der Waals surface area contributed by atoms with Crippen LogP contribution in [0.1, 0.15) is 48.6 Å². The maximum absolute atomic E-state index is 6.82. The normalized spacial score (nSPS) is 18.6. The van der Waals surface area contributed by atoms with Crippen molar-refractivity contribution in [2.24, 2.45) is 5.92 Å². The Kier molecular flexibility index (Phi) is 3.79. The van der Waals surface area contributed by atoms with Gasteiger partial charge in [-0.25, -0.2) is 0 Å². The molecule has 0 N–H and O–H groups in total. The number of aryl methyl sites for hydroxylation is 1. The van der Waals surface area contributed by atoms with Crippen molar-refractivity contribution in [3.63, 3.8) is 0 Å². The highest BCUT2D eigenvalue weighted by Gasteiger charge is 2.24. The molecule has 1 fully saturated rings. The summed E-state index contributed by atoms with van der Waals surface area (Å²) in [6.45, 7) is 2.18. The Morgan fingerprint density at radius 1 is 0.947 bits per heavy atom. The SMILES string of the molecule is Cc1ccc(C(Cl)C2CCCCC2)c2ccccc12. The van der Waals surface area contributed by atoms with Gasteiger partial charge in [0.15, 0.2) is 0 Å². The third-order valence-corrected chi connectivity index (χ3v) is 5.13. The summed E-state index contributed by atoms with van der Waals surface area (Å²) in [5.74, 6) is 0.654. The molecule has 1 unspecified atom stereocenters. The molecule has 1 heteroatoms. The first kappa shape index (κ1) is 13.0. The Balaban J connectivity index is 2.02. The van der Waals surface area contributed by atoms with E-state index in [4.69, 9.17) is 11.6 Å². The molecular weight excluding hydrogens is 252 g/mol. The van der Waals surface area contributed by atoms with Crippen molar-refractivity contribution >= 4 is 22.4 Å². The van der Waals surface area contributed by atoms with Gasteiger partial charge in [0.05, 0.1) is 5.38 Å². The van der Waals surface area contributed by atoms with E-state index in [1.165, 1.54) is 54.0 Å². The number of halogens is 1. The summed E-state index contributed by atoms with van der Waals surface area (Å²) in [7, 11) is 0. The van der Waals surface area contributed by atoms with Gasteiger partial charge in [0.2, 0.25) is 0 Å². The van der Waals surface area contributed by atoms with Crippen LogP contribution in [0.3, 0.4) is 0 Å². The van der Waals surface area contributed by atoms with Crippen LogP contribution in [0.4, 0.5) is 0 Å². The molecule has 100 valence electrons. The molecule has 2 aromatic carbocycles. The van der Waals surface area contributed by atoms with Crippen molar-refractivity contribution in [1.82, 2.24) is 0 Å². The van der Waals surface area contributed by atoms with E-state index in [2.05, 4.69) is 43.3 Å². The molecule has 2 aromatic rings. The maximum atomic E-state index is 6.82. The van der Waals surface area contributed by atoms with E-state index in [-0.39, 0.29) is 5.38 Å². The summed E-state index contributed by atoms with van der Waals surface area (Å²) >= 11 is 6.82. The molecule has 0 radical (unpaired) electrons. The molecule has 0 spiro atoms. The van der Waals surface area contributed by atoms with Crippen molar-refractivity contribution in [2.45, 2.75) is 44.4 Å². The summed E-state index contributed by atoms with van der Waals surface area (Å²) in [6, 6.07) is 13.1. The summed E-state index contributed by atoms with van der Waals surface area (Å²) in [4.78, 5) is 0. The average molecular weight is 273 g/mol.